The Morgan fingerprint density at radius 1 is 1.03 bits per heavy atom. The SMILES string of the molecule is CCOC(=O)c1nn(-c2ccc(OC)cc2)c2c1CCN(c1ccc(N(C)C(=O)OC(C)(C)C)cc1)C2=O. The molecule has 4 rings (SSSR count). The van der Waals surface area contributed by atoms with Crippen LogP contribution >= 0.6 is 0 Å². The molecule has 0 radical (unpaired) electrons. The van der Waals surface area contributed by atoms with Gasteiger partial charge in [0.25, 0.3) is 5.91 Å². The fraction of sp³-hybridized carbons (Fsp3) is 0.357. The number of hydrogen-bond donors (Lipinski definition) is 0. The predicted molar refractivity (Wildman–Crippen MR) is 143 cm³/mol. The van der Waals surface area contributed by atoms with Crippen LogP contribution in [0.5, 0.6) is 5.75 Å². The highest BCUT2D eigenvalue weighted by molar-refractivity contribution is 6.09. The van der Waals surface area contributed by atoms with Crippen LogP contribution in [0.4, 0.5) is 16.2 Å². The van der Waals surface area contributed by atoms with Gasteiger partial charge in [-0.1, -0.05) is 0 Å². The molecule has 10 heteroatoms. The Hall–Kier alpha value is -4.34. The van der Waals surface area contributed by atoms with Gasteiger partial charge in [0.15, 0.2) is 5.69 Å². The Bertz CT molecular complexity index is 1340. The van der Waals surface area contributed by atoms with Gasteiger partial charge in [-0.15, -0.1) is 0 Å². The fourth-order valence-corrected chi connectivity index (χ4v) is 4.17. The molecule has 0 spiro atoms. The molecular formula is C28H32N4O6. The number of carbonyl (C=O) groups excluding carboxylic acids is 3. The highest BCUT2D eigenvalue weighted by Crippen LogP contribution is 2.31. The summed E-state index contributed by atoms with van der Waals surface area (Å²) in [7, 11) is 3.20. The molecule has 38 heavy (non-hydrogen) atoms. The number of esters is 1. The van der Waals surface area contributed by atoms with Crippen LogP contribution < -0.4 is 14.5 Å². The van der Waals surface area contributed by atoms with Crippen molar-refractivity contribution in [2.75, 3.05) is 37.1 Å². The van der Waals surface area contributed by atoms with Crippen LogP contribution in [0.15, 0.2) is 48.5 Å². The number of rotatable bonds is 6. The standard InChI is InChI=1S/C28H32N4O6/c1-7-37-26(34)23-22-16-17-31(19-10-8-18(9-11-19)30(5)27(35)38-28(2,3)4)25(33)24(22)32(29-23)20-12-14-21(36-6)15-13-20/h8-15H,7,16-17H2,1-6H3. The number of anilines is 2. The molecule has 3 aromatic rings. The molecule has 2 heterocycles. The lowest BCUT2D eigenvalue weighted by Crippen LogP contribution is -2.39. The predicted octanol–water partition coefficient (Wildman–Crippen LogP) is 4.63. The first kappa shape index (κ1) is 26.7. The minimum atomic E-state index is -0.613. The molecule has 1 aliphatic rings. The maximum Gasteiger partial charge on any atom is 0.414 e. The maximum absolute atomic E-state index is 13.8. The van der Waals surface area contributed by atoms with Crippen LogP contribution in [-0.4, -0.2) is 60.7 Å². The average molecular weight is 521 g/mol. The van der Waals surface area contributed by atoms with Gasteiger partial charge in [0, 0.05) is 30.5 Å². The van der Waals surface area contributed by atoms with Crippen molar-refractivity contribution in [2.24, 2.45) is 0 Å². The zero-order chi connectivity index (χ0) is 27.6. The second-order valence-corrected chi connectivity index (χ2v) is 9.77. The van der Waals surface area contributed by atoms with Crippen molar-refractivity contribution in [3.05, 3.63) is 65.5 Å². The second-order valence-electron chi connectivity index (χ2n) is 9.77. The lowest BCUT2D eigenvalue weighted by Gasteiger charge is -2.28. The first-order valence-corrected chi connectivity index (χ1v) is 12.4. The quantitative estimate of drug-likeness (QED) is 0.437. The summed E-state index contributed by atoms with van der Waals surface area (Å²) >= 11 is 0. The van der Waals surface area contributed by atoms with Crippen molar-refractivity contribution in [1.29, 1.82) is 0 Å². The highest BCUT2D eigenvalue weighted by atomic mass is 16.6. The number of benzene rings is 2. The van der Waals surface area contributed by atoms with Crippen molar-refractivity contribution < 1.29 is 28.6 Å². The molecule has 0 bridgehead atoms. The van der Waals surface area contributed by atoms with E-state index in [2.05, 4.69) is 5.10 Å². The molecule has 0 saturated heterocycles. The number of methoxy groups -OCH3 is 1. The van der Waals surface area contributed by atoms with Gasteiger partial charge in [-0.2, -0.15) is 5.10 Å². The molecular weight excluding hydrogens is 488 g/mol. The van der Waals surface area contributed by atoms with Crippen LogP contribution in [-0.2, 0) is 15.9 Å². The van der Waals surface area contributed by atoms with E-state index in [0.29, 0.717) is 47.0 Å². The number of fused-ring (bicyclic) bond motifs is 1. The molecule has 2 amide bonds. The lowest BCUT2D eigenvalue weighted by molar-refractivity contribution is 0.0516. The van der Waals surface area contributed by atoms with Crippen LogP contribution in [0, 0.1) is 0 Å². The molecule has 0 N–H and O–H groups in total. The van der Waals surface area contributed by atoms with Gasteiger partial charge in [0.05, 0.1) is 19.4 Å². The van der Waals surface area contributed by atoms with Gasteiger partial charge in [0.2, 0.25) is 0 Å². The molecule has 0 aliphatic carbocycles. The zero-order valence-corrected chi connectivity index (χ0v) is 22.5. The van der Waals surface area contributed by atoms with Gasteiger partial charge in [-0.3, -0.25) is 9.69 Å². The second kappa shape index (κ2) is 10.6. The summed E-state index contributed by atoms with van der Waals surface area (Å²) in [6.45, 7) is 7.70. The Labute approximate surface area is 221 Å². The van der Waals surface area contributed by atoms with Crippen LogP contribution in [0.2, 0.25) is 0 Å². The molecule has 1 aliphatic heterocycles. The number of aromatic nitrogens is 2. The van der Waals surface area contributed by atoms with Gasteiger partial charge in [0.1, 0.15) is 17.0 Å². The number of hydrogen-bond acceptors (Lipinski definition) is 7. The van der Waals surface area contributed by atoms with Crippen molar-refractivity contribution in [1.82, 2.24) is 9.78 Å². The van der Waals surface area contributed by atoms with E-state index in [4.69, 9.17) is 14.2 Å². The molecule has 200 valence electrons. The summed E-state index contributed by atoms with van der Waals surface area (Å²) in [6, 6.07) is 14.1. The number of amides is 2. The van der Waals surface area contributed by atoms with Crippen molar-refractivity contribution >= 4 is 29.3 Å². The van der Waals surface area contributed by atoms with Crippen LogP contribution in [0.3, 0.4) is 0 Å². The van der Waals surface area contributed by atoms with E-state index in [1.165, 1.54) is 9.58 Å². The molecule has 0 saturated carbocycles. The van der Waals surface area contributed by atoms with Crippen LogP contribution in [0.25, 0.3) is 5.69 Å². The molecule has 0 fully saturated rings. The van der Waals surface area contributed by atoms with E-state index in [1.54, 1.807) is 74.5 Å². The number of carbonyl (C=O) groups is 3. The summed E-state index contributed by atoms with van der Waals surface area (Å²) in [5.74, 6) is -0.199. The van der Waals surface area contributed by atoms with E-state index < -0.39 is 17.7 Å². The summed E-state index contributed by atoms with van der Waals surface area (Å²) in [5, 5.41) is 4.50. The van der Waals surface area contributed by atoms with E-state index in [-0.39, 0.29) is 18.2 Å². The van der Waals surface area contributed by atoms with Crippen molar-refractivity contribution in [2.45, 2.75) is 39.7 Å². The van der Waals surface area contributed by atoms with Gasteiger partial charge >= 0.3 is 12.1 Å². The maximum atomic E-state index is 13.8. The third kappa shape index (κ3) is 5.34. The first-order valence-electron chi connectivity index (χ1n) is 12.4. The van der Waals surface area contributed by atoms with E-state index in [0.717, 1.165) is 0 Å². The monoisotopic (exact) mass is 520 g/mol. The molecule has 10 nitrogen and oxygen atoms in total. The van der Waals surface area contributed by atoms with E-state index in [1.807, 2.05) is 20.8 Å². The molecule has 0 atom stereocenters. The summed E-state index contributed by atoms with van der Waals surface area (Å²) < 4.78 is 17.4. The third-order valence-electron chi connectivity index (χ3n) is 6.02. The Kier molecular flexibility index (Phi) is 7.43. The molecule has 0 unspecified atom stereocenters. The molecule has 2 aromatic carbocycles. The van der Waals surface area contributed by atoms with E-state index >= 15 is 0 Å². The average Bonchev–Trinajstić information content (AvgIpc) is 3.28. The normalized spacial score (nSPS) is 13.1. The number of ether oxygens (including phenoxy) is 3. The topological polar surface area (TPSA) is 103 Å². The summed E-state index contributed by atoms with van der Waals surface area (Å²) in [5.41, 5.74) is 2.28. The first-order chi connectivity index (χ1) is 18.0. The number of nitrogens with zero attached hydrogens (tertiary/aromatic N) is 4. The third-order valence-corrected chi connectivity index (χ3v) is 6.02. The Balaban J connectivity index is 1.67. The molecule has 1 aromatic heterocycles. The fourth-order valence-electron chi connectivity index (χ4n) is 4.17. The summed E-state index contributed by atoms with van der Waals surface area (Å²) in [6.07, 6.45) is -0.0517. The summed E-state index contributed by atoms with van der Waals surface area (Å²) in [4.78, 5) is 42.0. The minimum absolute atomic E-state index is 0.139. The van der Waals surface area contributed by atoms with Gasteiger partial charge in [-0.05, 0) is 82.6 Å². The lowest BCUT2D eigenvalue weighted by atomic mass is 10.0. The Morgan fingerprint density at radius 2 is 1.66 bits per heavy atom. The van der Waals surface area contributed by atoms with Crippen LogP contribution in [0.1, 0.15) is 54.2 Å². The minimum Gasteiger partial charge on any atom is -0.497 e. The Morgan fingerprint density at radius 3 is 2.24 bits per heavy atom. The smallest absolute Gasteiger partial charge is 0.414 e. The van der Waals surface area contributed by atoms with Crippen molar-refractivity contribution in [3.8, 4) is 11.4 Å². The van der Waals surface area contributed by atoms with Crippen molar-refractivity contribution in [3.63, 3.8) is 0 Å². The zero-order valence-electron chi connectivity index (χ0n) is 22.5. The van der Waals surface area contributed by atoms with E-state index in [9.17, 15) is 14.4 Å². The largest absolute Gasteiger partial charge is 0.497 e. The highest BCUT2D eigenvalue weighted by Gasteiger charge is 2.35. The van der Waals surface area contributed by atoms with Gasteiger partial charge in [-0.25, -0.2) is 14.3 Å². The van der Waals surface area contributed by atoms with Gasteiger partial charge < -0.3 is 19.1 Å².